The third-order valence-corrected chi connectivity index (χ3v) is 5.16. The fourth-order valence-electron chi connectivity index (χ4n) is 3.43. The van der Waals surface area contributed by atoms with Gasteiger partial charge in [0.2, 0.25) is 11.8 Å². The number of nitrogens with zero attached hydrogens (tertiary/aromatic N) is 2. The number of piperidine rings is 1. The van der Waals surface area contributed by atoms with Gasteiger partial charge in [0.05, 0.1) is 18.9 Å². The second-order valence-corrected chi connectivity index (χ2v) is 7.10. The van der Waals surface area contributed by atoms with Gasteiger partial charge in [0.15, 0.2) is 0 Å². The lowest BCUT2D eigenvalue weighted by Crippen LogP contribution is -2.45. The zero-order chi connectivity index (χ0) is 19.4. The zero-order valence-electron chi connectivity index (χ0n) is 15.4. The molecule has 0 saturated carbocycles. The van der Waals surface area contributed by atoms with E-state index >= 15 is 0 Å². The number of rotatable bonds is 5. The molecule has 2 aromatic rings. The smallest absolute Gasteiger partial charge is 0.306 e. The molecule has 1 aliphatic rings. The molecule has 0 aliphatic carbocycles. The highest BCUT2D eigenvalue weighted by Gasteiger charge is 2.27. The molecule has 0 aromatic heterocycles. The maximum atomic E-state index is 12.5. The second-order valence-electron chi connectivity index (χ2n) is 7.10. The number of hydrogen-bond donors (Lipinski definition) is 1. The summed E-state index contributed by atoms with van der Waals surface area (Å²) >= 11 is 0. The Bertz CT molecular complexity index is 856. The summed E-state index contributed by atoms with van der Waals surface area (Å²) in [5, 5.41) is 11.2. The SMILES string of the molecule is CN(CC(=O)N1CCC(C(=O)O)CC1)C(=O)Cc1ccc2ccccc2c1. The average molecular weight is 368 g/mol. The van der Waals surface area contributed by atoms with Crippen LogP contribution in [0, 0.1) is 5.92 Å². The number of aliphatic carboxylic acids is 1. The molecule has 27 heavy (non-hydrogen) atoms. The minimum atomic E-state index is -0.801. The number of carboxylic acids is 1. The Balaban J connectivity index is 1.54. The van der Waals surface area contributed by atoms with Gasteiger partial charge >= 0.3 is 5.97 Å². The molecular weight excluding hydrogens is 344 g/mol. The lowest BCUT2D eigenvalue weighted by Gasteiger charge is -2.31. The Morgan fingerprint density at radius 2 is 1.74 bits per heavy atom. The van der Waals surface area contributed by atoms with Crippen molar-refractivity contribution in [3.63, 3.8) is 0 Å². The molecule has 1 N–H and O–H groups in total. The Morgan fingerprint density at radius 1 is 1.07 bits per heavy atom. The van der Waals surface area contributed by atoms with E-state index in [1.54, 1.807) is 11.9 Å². The summed E-state index contributed by atoms with van der Waals surface area (Å²) < 4.78 is 0. The molecule has 6 heteroatoms. The van der Waals surface area contributed by atoms with Crippen LogP contribution in [-0.2, 0) is 20.8 Å². The number of carbonyl (C=O) groups is 3. The topological polar surface area (TPSA) is 77.9 Å². The minimum Gasteiger partial charge on any atom is -0.481 e. The van der Waals surface area contributed by atoms with Gasteiger partial charge in [0, 0.05) is 20.1 Å². The Labute approximate surface area is 158 Å². The van der Waals surface area contributed by atoms with Crippen LogP contribution in [0.2, 0.25) is 0 Å². The molecule has 2 amide bonds. The number of carboxylic acid groups (broad SMARTS) is 1. The van der Waals surface area contributed by atoms with E-state index in [1.165, 1.54) is 4.90 Å². The lowest BCUT2D eigenvalue weighted by molar-refractivity contribution is -0.146. The number of fused-ring (bicyclic) bond motifs is 1. The summed E-state index contributed by atoms with van der Waals surface area (Å²) in [6.45, 7) is 0.884. The highest BCUT2D eigenvalue weighted by Crippen LogP contribution is 2.18. The zero-order valence-corrected chi connectivity index (χ0v) is 15.4. The van der Waals surface area contributed by atoms with Crippen LogP contribution in [0.5, 0.6) is 0 Å². The first-order valence-electron chi connectivity index (χ1n) is 9.16. The number of benzene rings is 2. The van der Waals surface area contributed by atoms with E-state index in [-0.39, 0.29) is 30.7 Å². The standard InChI is InChI=1S/C21H24N2O4/c1-22(14-20(25)23-10-8-17(9-11-23)21(26)27)19(24)13-15-6-7-16-4-2-3-5-18(16)12-15/h2-7,12,17H,8-11,13-14H2,1H3,(H,26,27). The second kappa shape index (κ2) is 8.20. The predicted molar refractivity (Wildman–Crippen MR) is 102 cm³/mol. The molecule has 0 spiro atoms. The van der Waals surface area contributed by atoms with Gasteiger partial charge in [-0.25, -0.2) is 0 Å². The third-order valence-electron chi connectivity index (χ3n) is 5.16. The van der Waals surface area contributed by atoms with Crippen molar-refractivity contribution in [2.24, 2.45) is 5.92 Å². The van der Waals surface area contributed by atoms with Crippen LogP contribution in [-0.4, -0.2) is 59.4 Å². The number of likely N-dealkylation sites (tertiary alicyclic amines) is 1. The summed E-state index contributed by atoms with van der Waals surface area (Å²) in [5.74, 6) is -1.42. The Morgan fingerprint density at radius 3 is 2.41 bits per heavy atom. The van der Waals surface area contributed by atoms with Gasteiger partial charge < -0.3 is 14.9 Å². The normalized spacial score (nSPS) is 14.9. The predicted octanol–water partition coefficient (Wildman–Crippen LogP) is 2.16. The molecule has 142 valence electrons. The van der Waals surface area contributed by atoms with Crippen LogP contribution in [0.15, 0.2) is 42.5 Å². The third kappa shape index (κ3) is 4.64. The summed E-state index contributed by atoms with van der Waals surface area (Å²) in [6.07, 6.45) is 1.18. The van der Waals surface area contributed by atoms with E-state index in [0.29, 0.717) is 25.9 Å². The Hall–Kier alpha value is -2.89. The van der Waals surface area contributed by atoms with Gasteiger partial charge in [-0.3, -0.25) is 14.4 Å². The van der Waals surface area contributed by atoms with E-state index in [9.17, 15) is 14.4 Å². The molecular formula is C21H24N2O4. The number of amides is 2. The van der Waals surface area contributed by atoms with Gasteiger partial charge in [-0.15, -0.1) is 0 Å². The van der Waals surface area contributed by atoms with Crippen molar-refractivity contribution in [2.45, 2.75) is 19.3 Å². The van der Waals surface area contributed by atoms with Gasteiger partial charge in [-0.2, -0.15) is 0 Å². The number of likely N-dealkylation sites (N-methyl/N-ethyl adjacent to an activating group) is 1. The van der Waals surface area contributed by atoms with Crippen molar-refractivity contribution in [1.29, 1.82) is 0 Å². The molecule has 0 bridgehead atoms. The van der Waals surface area contributed by atoms with E-state index in [1.807, 2.05) is 42.5 Å². The summed E-state index contributed by atoms with van der Waals surface area (Å²) in [4.78, 5) is 39.0. The maximum Gasteiger partial charge on any atom is 0.306 e. The molecule has 1 saturated heterocycles. The fourth-order valence-corrected chi connectivity index (χ4v) is 3.43. The maximum absolute atomic E-state index is 12.5. The summed E-state index contributed by atoms with van der Waals surface area (Å²) in [6, 6.07) is 13.9. The molecule has 1 aliphatic heterocycles. The molecule has 3 rings (SSSR count). The first-order valence-corrected chi connectivity index (χ1v) is 9.16. The van der Waals surface area contributed by atoms with Crippen LogP contribution >= 0.6 is 0 Å². The largest absolute Gasteiger partial charge is 0.481 e. The van der Waals surface area contributed by atoms with Crippen LogP contribution in [0.4, 0.5) is 0 Å². The number of hydrogen-bond acceptors (Lipinski definition) is 3. The van der Waals surface area contributed by atoms with E-state index in [0.717, 1.165) is 16.3 Å². The summed E-state index contributed by atoms with van der Waals surface area (Å²) in [7, 11) is 1.63. The van der Waals surface area contributed by atoms with Crippen LogP contribution in [0.25, 0.3) is 10.8 Å². The molecule has 2 aromatic carbocycles. The van der Waals surface area contributed by atoms with Crippen LogP contribution in [0.1, 0.15) is 18.4 Å². The molecule has 1 heterocycles. The average Bonchev–Trinajstić information content (AvgIpc) is 2.67. The van der Waals surface area contributed by atoms with Crippen molar-refractivity contribution in [3.8, 4) is 0 Å². The highest BCUT2D eigenvalue weighted by molar-refractivity contribution is 5.88. The van der Waals surface area contributed by atoms with E-state index < -0.39 is 5.97 Å². The number of carbonyl (C=O) groups excluding carboxylic acids is 2. The van der Waals surface area contributed by atoms with Gasteiger partial charge in [0.1, 0.15) is 0 Å². The van der Waals surface area contributed by atoms with Crippen molar-refractivity contribution >= 4 is 28.6 Å². The Kier molecular flexibility index (Phi) is 5.74. The first-order chi connectivity index (χ1) is 12.9. The minimum absolute atomic E-state index is 0.0180. The van der Waals surface area contributed by atoms with Crippen molar-refractivity contribution in [3.05, 3.63) is 48.0 Å². The van der Waals surface area contributed by atoms with Crippen LogP contribution < -0.4 is 0 Å². The van der Waals surface area contributed by atoms with Crippen molar-refractivity contribution < 1.29 is 19.5 Å². The fraction of sp³-hybridized carbons (Fsp3) is 0.381. The quantitative estimate of drug-likeness (QED) is 0.877. The lowest BCUT2D eigenvalue weighted by atomic mass is 9.97. The molecule has 0 radical (unpaired) electrons. The monoisotopic (exact) mass is 368 g/mol. The molecule has 0 atom stereocenters. The van der Waals surface area contributed by atoms with Gasteiger partial charge in [-0.05, 0) is 29.2 Å². The molecule has 0 unspecified atom stereocenters. The first kappa shape index (κ1) is 18.9. The summed E-state index contributed by atoms with van der Waals surface area (Å²) in [5.41, 5.74) is 0.917. The molecule has 1 fully saturated rings. The van der Waals surface area contributed by atoms with E-state index in [2.05, 4.69) is 0 Å². The van der Waals surface area contributed by atoms with Gasteiger partial charge in [-0.1, -0.05) is 42.5 Å². The van der Waals surface area contributed by atoms with Crippen molar-refractivity contribution in [2.75, 3.05) is 26.7 Å². The van der Waals surface area contributed by atoms with Crippen LogP contribution in [0.3, 0.4) is 0 Å². The molecule has 6 nitrogen and oxygen atoms in total. The van der Waals surface area contributed by atoms with Gasteiger partial charge in [0.25, 0.3) is 0 Å². The van der Waals surface area contributed by atoms with E-state index in [4.69, 9.17) is 5.11 Å². The van der Waals surface area contributed by atoms with Crippen molar-refractivity contribution in [1.82, 2.24) is 9.80 Å². The highest BCUT2D eigenvalue weighted by atomic mass is 16.4.